The fraction of sp³-hybridized carbons (Fsp3) is 0.385. The van der Waals surface area contributed by atoms with E-state index in [4.69, 9.17) is 12.2 Å². The van der Waals surface area contributed by atoms with Crippen molar-refractivity contribution in [2.24, 2.45) is 0 Å². The molecule has 1 amide bonds. The molecule has 1 unspecified atom stereocenters. The van der Waals surface area contributed by atoms with E-state index in [1.54, 1.807) is 0 Å². The lowest BCUT2D eigenvalue weighted by Crippen LogP contribution is -2.35. The third kappa shape index (κ3) is 2.90. The van der Waals surface area contributed by atoms with Gasteiger partial charge < -0.3 is 14.9 Å². The van der Waals surface area contributed by atoms with E-state index in [0.717, 1.165) is 15.5 Å². The first-order chi connectivity index (χ1) is 8.90. The van der Waals surface area contributed by atoms with E-state index >= 15 is 0 Å². The molecule has 0 bridgehead atoms. The van der Waals surface area contributed by atoms with Gasteiger partial charge in [-0.2, -0.15) is 0 Å². The largest absolute Gasteiger partial charge is 0.352 e. The number of nitrogens with one attached hydrogen (secondary N) is 2. The number of imidazole rings is 1. The number of H-pyrrole nitrogens is 1. The molecular formula is C13H16BrN3OS. The number of nitrogens with zero attached hydrogens (tertiary/aromatic N) is 1. The summed E-state index contributed by atoms with van der Waals surface area (Å²) in [7, 11) is 0. The lowest BCUT2D eigenvalue weighted by atomic mass is 10.2. The van der Waals surface area contributed by atoms with Crippen LogP contribution in [-0.4, -0.2) is 21.5 Å². The van der Waals surface area contributed by atoms with Crippen LogP contribution in [0.4, 0.5) is 0 Å². The summed E-state index contributed by atoms with van der Waals surface area (Å²) in [4.78, 5) is 15.2. The van der Waals surface area contributed by atoms with E-state index in [1.165, 1.54) is 0 Å². The van der Waals surface area contributed by atoms with Crippen molar-refractivity contribution >= 4 is 45.1 Å². The van der Waals surface area contributed by atoms with Gasteiger partial charge in [0.2, 0.25) is 5.91 Å². The molecule has 2 aromatic rings. The second kappa shape index (κ2) is 5.46. The molecule has 19 heavy (non-hydrogen) atoms. The Kier molecular flexibility index (Phi) is 4.10. The van der Waals surface area contributed by atoms with Crippen molar-refractivity contribution in [3.8, 4) is 0 Å². The Morgan fingerprint density at radius 1 is 1.42 bits per heavy atom. The molecule has 0 aliphatic heterocycles. The minimum atomic E-state index is -0.343. The van der Waals surface area contributed by atoms with Gasteiger partial charge in [-0.1, -0.05) is 15.9 Å². The monoisotopic (exact) mass is 341 g/mol. The Morgan fingerprint density at radius 3 is 2.74 bits per heavy atom. The minimum absolute atomic E-state index is 0.0325. The lowest BCUT2D eigenvalue weighted by molar-refractivity contribution is -0.124. The maximum Gasteiger partial charge on any atom is 0.243 e. The molecule has 6 heteroatoms. The first kappa shape index (κ1) is 14.3. The van der Waals surface area contributed by atoms with Crippen LogP contribution in [0.1, 0.15) is 26.8 Å². The van der Waals surface area contributed by atoms with Crippen LogP contribution in [0.25, 0.3) is 11.0 Å². The number of carbonyl (C=O) groups excluding carboxylic acids is 1. The number of aromatic nitrogens is 2. The van der Waals surface area contributed by atoms with Gasteiger partial charge in [0, 0.05) is 10.5 Å². The van der Waals surface area contributed by atoms with Crippen molar-refractivity contribution in [3.05, 3.63) is 27.4 Å². The fourth-order valence-electron chi connectivity index (χ4n) is 2.01. The molecule has 4 nitrogen and oxygen atoms in total. The molecule has 2 N–H and O–H groups in total. The van der Waals surface area contributed by atoms with Crippen LogP contribution in [-0.2, 0) is 4.79 Å². The van der Waals surface area contributed by atoms with Gasteiger partial charge in [0.25, 0.3) is 0 Å². The van der Waals surface area contributed by atoms with Crippen LogP contribution in [0.5, 0.6) is 0 Å². The van der Waals surface area contributed by atoms with Crippen molar-refractivity contribution in [1.82, 2.24) is 14.9 Å². The van der Waals surface area contributed by atoms with E-state index in [0.29, 0.717) is 4.77 Å². The summed E-state index contributed by atoms with van der Waals surface area (Å²) in [5.41, 5.74) is 1.85. The zero-order valence-electron chi connectivity index (χ0n) is 11.0. The van der Waals surface area contributed by atoms with Crippen LogP contribution in [0, 0.1) is 4.77 Å². The van der Waals surface area contributed by atoms with E-state index in [-0.39, 0.29) is 18.0 Å². The van der Waals surface area contributed by atoms with Gasteiger partial charge in [0.1, 0.15) is 6.04 Å². The Hall–Kier alpha value is -1.14. The summed E-state index contributed by atoms with van der Waals surface area (Å²) in [5, 5.41) is 2.90. The predicted octanol–water partition coefficient (Wildman–Crippen LogP) is 3.55. The standard InChI is InChI=1S/C13H16BrN3OS/c1-7(2)15-12(18)8(3)17-11-5-4-9(14)6-10(11)16-13(17)19/h4-8H,1-3H3,(H,15,18)(H,16,19). The van der Waals surface area contributed by atoms with Gasteiger partial charge in [-0.25, -0.2) is 0 Å². The molecule has 0 spiro atoms. The van der Waals surface area contributed by atoms with E-state index in [2.05, 4.69) is 26.2 Å². The Labute approximate surface area is 125 Å². The smallest absolute Gasteiger partial charge is 0.243 e. The number of amides is 1. The molecule has 1 aromatic heterocycles. The highest BCUT2D eigenvalue weighted by molar-refractivity contribution is 9.10. The van der Waals surface area contributed by atoms with Gasteiger partial charge in [0.05, 0.1) is 11.0 Å². The maximum absolute atomic E-state index is 12.1. The summed E-state index contributed by atoms with van der Waals surface area (Å²) < 4.78 is 3.37. The highest BCUT2D eigenvalue weighted by Gasteiger charge is 2.18. The van der Waals surface area contributed by atoms with Crippen molar-refractivity contribution in [2.45, 2.75) is 32.9 Å². The van der Waals surface area contributed by atoms with Crippen molar-refractivity contribution in [3.63, 3.8) is 0 Å². The van der Waals surface area contributed by atoms with E-state index in [1.807, 2.05) is 43.5 Å². The van der Waals surface area contributed by atoms with Crippen molar-refractivity contribution in [2.75, 3.05) is 0 Å². The normalized spacial score (nSPS) is 12.9. The van der Waals surface area contributed by atoms with Crippen LogP contribution < -0.4 is 5.32 Å². The summed E-state index contributed by atoms with van der Waals surface area (Å²) >= 11 is 8.74. The third-order valence-electron chi connectivity index (χ3n) is 2.88. The Balaban J connectivity index is 2.47. The second-order valence-electron chi connectivity index (χ2n) is 4.80. The molecule has 1 heterocycles. The minimum Gasteiger partial charge on any atom is -0.352 e. The molecule has 0 radical (unpaired) electrons. The van der Waals surface area contributed by atoms with Crippen LogP contribution in [0.3, 0.4) is 0 Å². The summed E-state index contributed by atoms with van der Waals surface area (Å²) in [6, 6.07) is 5.61. The lowest BCUT2D eigenvalue weighted by Gasteiger charge is -2.16. The molecule has 0 aliphatic rings. The summed E-state index contributed by atoms with van der Waals surface area (Å²) in [5.74, 6) is -0.0325. The second-order valence-corrected chi connectivity index (χ2v) is 6.10. The molecule has 1 atom stereocenters. The van der Waals surface area contributed by atoms with Gasteiger partial charge >= 0.3 is 0 Å². The number of aromatic amines is 1. The highest BCUT2D eigenvalue weighted by atomic mass is 79.9. The first-order valence-corrected chi connectivity index (χ1v) is 7.30. The first-order valence-electron chi connectivity index (χ1n) is 6.10. The van der Waals surface area contributed by atoms with Crippen LogP contribution in [0.15, 0.2) is 22.7 Å². The average molecular weight is 342 g/mol. The zero-order chi connectivity index (χ0) is 14.2. The number of hydrogen-bond donors (Lipinski definition) is 2. The van der Waals surface area contributed by atoms with Gasteiger partial charge in [-0.05, 0) is 51.2 Å². The molecular weight excluding hydrogens is 326 g/mol. The predicted molar refractivity (Wildman–Crippen MR) is 82.8 cm³/mol. The molecule has 0 aliphatic carbocycles. The topological polar surface area (TPSA) is 49.8 Å². The Bertz CT molecular complexity index is 674. The van der Waals surface area contributed by atoms with Gasteiger partial charge in [0.15, 0.2) is 4.77 Å². The molecule has 0 fully saturated rings. The number of fused-ring (bicyclic) bond motifs is 1. The van der Waals surface area contributed by atoms with Gasteiger partial charge in [-0.15, -0.1) is 0 Å². The average Bonchev–Trinajstić information content (AvgIpc) is 2.62. The summed E-state index contributed by atoms with van der Waals surface area (Å²) in [6.07, 6.45) is 0. The van der Waals surface area contributed by atoms with Gasteiger partial charge in [-0.3, -0.25) is 4.79 Å². The molecule has 1 aromatic carbocycles. The number of benzene rings is 1. The third-order valence-corrected chi connectivity index (χ3v) is 3.67. The number of halogens is 1. The zero-order valence-corrected chi connectivity index (χ0v) is 13.4. The number of rotatable bonds is 3. The quantitative estimate of drug-likeness (QED) is 0.838. The molecule has 0 saturated heterocycles. The highest BCUT2D eigenvalue weighted by Crippen LogP contribution is 2.22. The maximum atomic E-state index is 12.1. The number of hydrogen-bond acceptors (Lipinski definition) is 2. The van der Waals surface area contributed by atoms with Crippen molar-refractivity contribution in [1.29, 1.82) is 0 Å². The molecule has 2 rings (SSSR count). The SMILES string of the molecule is CC(C)NC(=O)C(C)n1c(=S)[nH]c2cc(Br)ccc21. The molecule has 0 saturated carbocycles. The molecule has 102 valence electrons. The van der Waals surface area contributed by atoms with Crippen LogP contribution in [0.2, 0.25) is 0 Å². The van der Waals surface area contributed by atoms with Crippen LogP contribution >= 0.6 is 28.1 Å². The van der Waals surface area contributed by atoms with Crippen molar-refractivity contribution < 1.29 is 4.79 Å². The number of carbonyl (C=O) groups is 1. The van der Waals surface area contributed by atoms with E-state index in [9.17, 15) is 4.79 Å². The van der Waals surface area contributed by atoms with E-state index < -0.39 is 0 Å². The fourth-order valence-corrected chi connectivity index (χ4v) is 2.74. The summed E-state index contributed by atoms with van der Waals surface area (Å²) in [6.45, 7) is 5.73. The Morgan fingerprint density at radius 2 is 2.11 bits per heavy atom.